The van der Waals surface area contributed by atoms with Crippen LogP contribution in [-0.4, -0.2) is 18.3 Å². The third-order valence-corrected chi connectivity index (χ3v) is 3.49. The average Bonchev–Trinajstić information content (AvgIpc) is 2.18. The van der Waals surface area contributed by atoms with Crippen molar-refractivity contribution in [3.05, 3.63) is 28.2 Å². The van der Waals surface area contributed by atoms with Gasteiger partial charge in [0.15, 0.2) is 0 Å². The summed E-state index contributed by atoms with van der Waals surface area (Å²) >= 11 is 3.44. The molecular formula is C11H14BrNO2. The van der Waals surface area contributed by atoms with E-state index in [4.69, 9.17) is 10.5 Å². The lowest BCUT2D eigenvalue weighted by Gasteiger charge is -2.34. The van der Waals surface area contributed by atoms with Gasteiger partial charge in [-0.1, -0.05) is 22.0 Å². The molecule has 2 rings (SSSR count). The fourth-order valence-corrected chi connectivity index (χ4v) is 2.74. The lowest BCUT2D eigenvalue weighted by Crippen LogP contribution is -2.34. The number of benzene rings is 1. The summed E-state index contributed by atoms with van der Waals surface area (Å²) in [4.78, 5) is 0. The molecule has 0 unspecified atom stereocenters. The summed E-state index contributed by atoms with van der Waals surface area (Å²) in [6, 6.07) is 5.58. The molecule has 1 heterocycles. The van der Waals surface area contributed by atoms with E-state index in [1.54, 1.807) is 0 Å². The highest BCUT2D eigenvalue weighted by molar-refractivity contribution is 9.10. The monoisotopic (exact) mass is 271 g/mol. The first kappa shape index (κ1) is 10.9. The number of ether oxygens (including phenoxy) is 1. The lowest BCUT2D eigenvalue weighted by molar-refractivity contribution is -0.0678. The summed E-state index contributed by atoms with van der Waals surface area (Å²) in [5, 5.41) is 10.5. The predicted octanol–water partition coefficient (Wildman–Crippen LogP) is 2.03. The fourth-order valence-electron chi connectivity index (χ4n) is 1.99. The first-order valence-corrected chi connectivity index (χ1v) is 5.77. The molecule has 0 spiro atoms. The molecule has 0 amide bonds. The van der Waals surface area contributed by atoms with Crippen LogP contribution < -0.4 is 5.73 Å². The zero-order valence-corrected chi connectivity index (χ0v) is 9.96. The van der Waals surface area contributed by atoms with Crippen molar-refractivity contribution in [1.82, 2.24) is 0 Å². The number of nitrogens with two attached hydrogens (primary N) is 1. The average molecular weight is 272 g/mol. The minimum atomic E-state index is -0.845. The summed E-state index contributed by atoms with van der Waals surface area (Å²) in [5.41, 5.74) is 6.49. The van der Waals surface area contributed by atoms with E-state index in [-0.39, 0.29) is 0 Å². The molecule has 3 N–H and O–H groups in total. The molecule has 0 aromatic heterocycles. The van der Waals surface area contributed by atoms with Crippen molar-refractivity contribution in [2.75, 3.05) is 18.9 Å². The van der Waals surface area contributed by atoms with E-state index < -0.39 is 5.60 Å². The Morgan fingerprint density at radius 1 is 1.33 bits per heavy atom. The molecule has 0 saturated carbocycles. The Hall–Kier alpha value is -0.580. The molecule has 0 aliphatic carbocycles. The zero-order valence-electron chi connectivity index (χ0n) is 8.37. The maximum Gasteiger partial charge on any atom is 0.0971 e. The van der Waals surface area contributed by atoms with Gasteiger partial charge < -0.3 is 15.6 Å². The molecule has 3 nitrogen and oxygen atoms in total. The maximum atomic E-state index is 10.5. The standard InChI is InChI=1S/C11H14BrNO2/c12-8-2-1-3-9(13)10(8)11(14)4-6-15-7-5-11/h1-3,14H,4-7,13H2. The molecule has 15 heavy (non-hydrogen) atoms. The second-order valence-corrected chi connectivity index (χ2v) is 4.70. The van der Waals surface area contributed by atoms with Gasteiger partial charge in [0.25, 0.3) is 0 Å². The van der Waals surface area contributed by atoms with Gasteiger partial charge in [0, 0.05) is 41.8 Å². The number of hydrogen-bond donors (Lipinski definition) is 2. The van der Waals surface area contributed by atoms with E-state index in [0.717, 1.165) is 10.0 Å². The number of aliphatic hydroxyl groups is 1. The highest BCUT2D eigenvalue weighted by atomic mass is 79.9. The molecule has 1 aliphatic rings. The predicted molar refractivity (Wildman–Crippen MR) is 62.5 cm³/mol. The van der Waals surface area contributed by atoms with Crippen LogP contribution in [-0.2, 0) is 10.3 Å². The Morgan fingerprint density at radius 3 is 2.60 bits per heavy atom. The minimum Gasteiger partial charge on any atom is -0.398 e. The summed E-state index contributed by atoms with van der Waals surface area (Å²) in [5.74, 6) is 0. The molecule has 1 saturated heterocycles. The van der Waals surface area contributed by atoms with E-state index in [1.807, 2.05) is 18.2 Å². The van der Waals surface area contributed by atoms with Gasteiger partial charge >= 0.3 is 0 Å². The Bertz CT molecular complexity index is 341. The maximum absolute atomic E-state index is 10.5. The van der Waals surface area contributed by atoms with Crippen LogP contribution in [0.5, 0.6) is 0 Å². The molecule has 1 aromatic rings. The van der Waals surface area contributed by atoms with E-state index in [0.29, 0.717) is 31.7 Å². The van der Waals surface area contributed by atoms with Gasteiger partial charge in [0.2, 0.25) is 0 Å². The molecule has 1 aromatic carbocycles. The molecular weight excluding hydrogens is 258 g/mol. The Kier molecular flexibility index (Phi) is 3.00. The highest BCUT2D eigenvalue weighted by Crippen LogP contribution is 2.39. The van der Waals surface area contributed by atoms with Crippen molar-refractivity contribution in [1.29, 1.82) is 0 Å². The topological polar surface area (TPSA) is 55.5 Å². The van der Waals surface area contributed by atoms with Crippen LogP contribution in [0.2, 0.25) is 0 Å². The van der Waals surface area contributed by atoms with Crippen molar-refractivity contribution in [3.8, 4) is 0 Å². The lowest BCUT2D eigenvalue weighted by atomic mass is 9.85. The van der Waals surface area contributed by atoms with Crippen molar-refractivity contribution >= 4 is 21.6 Å². The van der Waals surface area contributed by atoms with Gasteiger partial charge in [-0.2, -0.15) is 0 Å². The molecule has 0 bridgehead atoms. The van der Waals surface area contributed by atoms with Gasteiger partial charge in [-0.25, -0.2) is 0 Å². The highest BCUT2D eigenvalue weighted by Gasteiger charge is 2.34. The van der Waals surface area contributed by atoms with Crippen LogP contribution in [0.1, 0.15) is 18.4 Å². The number of halogens is 1. The van der Waals surface area contributed by atoms with Gasteiger partial charge in [-0.05, 0) is 12.1 Å². The van der Waals surface area contributed by atoms with Crippen LogP contribution in [0.4, 0.5) is 5.69 Å². The Morgan fingerprint density at radius 2 is 2.00 bits per heavy atom. The SMILES string of the molecule is Nc1cccc(Br)c1C1(O)CCOCC1. The molecule has 82 valence electrons. The summed E-state index contributed by atoms with van der Waals surface area (Å²) < 4.78 is 6.12. The van der Waals surface area contributed by atoms with Gasteiger partial charge in [0.05, 0.1) is 5.60 Å². The van der Waals surface area contributed by atoms with Crippen LogP contribution in [0, 0.1) is 0 Å². The van der Waals surface area contributed by atoms with Crippen molar-refractivity contribution < 1.29 is 9.84 Å². The summed E-state index contributed by atoms with van der Waals surface area (Å²) in [6.07, 6.45) is 1.19. The molecule has 1 fully saturated rings. The first-order chi connectivity index (χ1) is 7.13. The van der Waals surface area contributed by atoms with Crippen LogP contribution in [0.15, 0.2) is 22.7 Å². The number of hydrogen-bond acceptors (Lipinski definition) is 3. The molecule has 4 heteroatoms. The Labute approximate surface area is 97.4 Å². The zero-order chi connectivity index (χ0) is 10.9. The quantitative estimate of drug-likeness (QED) is 0.769. The second kappa shape index (κ2) is 4.12. The van der Waals surface area contributed by atoms with Crippen molar-refractivity contribution in [2.24, 2.45) is 0 Å². The van der Waals surface area contributed by atoms with Crippen LogP contribution in [0.3, 0.4) is 0 Å². The third kappa shape index (κ3) is 2.02. The van der Waals surface area contributed by atoms with Crippen molar-refractivity contribution in [3.63, 3.8) is 0 Å². The van der Waals surface area contributed by atoms with Crippen LogP contribution in [0.25, 0.3) is 0 Å². The van der Waals surface area contributed by atoms with E-state index in [2.05, 4.69) is 15.9 Å². The van der Waals surface area contributed by atoms with E-state index >= 15 is 0 Å². The Balaban J connectivity index is 2.42. The largest absolute Gasteiger partial charge is 0.398 e. The smallest absolute Gasteiger partial charge is 0.0971 e. The summed E-state index contributed by atoms with van der Waals surface area (Å²) in [7, 11) is 0. The van der Waals surface area contributed by atoms with Gasteiger partial charge in [-0.3, -0.25) is 0 Å². The molecule has 0 atom stereocenters. The second-order valence-electron chi connectivity index (χ2n) is 3.85. The van der Waals surface area contributed by atoms with Crippen molar-refractivity contribution in [2.45, 2.75) is 18.4 Å². The van der Waals surface area contributed by atoms with Crippen LogP contribution >= 0.6 is 15.9 Å². The van der Waals surface area contributed by atoms with E-state index in [9.17, 15) is 5.11 Å². The summed E-state index contributed by atoms with van der Waals surface area (Å²) in [6.45, 7) is 1.16. The van der Waals surface area contributed by atoms with Gasteiger partial charge in [0.1, 0.15) is 0 Å². The third-order valence-electron chi connectivity index (χ3n) is 2.83. The minimum absolute atomic E-state index is 0.581. The molecule has 0 radical (unpaired) electrons. The number of nitrogen functional groups attached to an aromatic ring is 1. The van der Waals surface area contributed by atoms with E-state index in [1.165, 1.54) is 0 Å². The van der Waals surface area contributed by atoms with Gasteiger partial charge in [-0.15, -0.1) is 0 Å². The first-order valence-electron chi connectivity index (χ1n) is 4.98. The number of anilines is 1. The fraction of sp³-hybridized carbons (Fsp3) is 0.455. The number of rotatable bonds is 1. The normalized spacial score (nSPS) is 20.1. The molecule has 1 aliphatic heterocycles.